The fourth-order valence-corrected chi connectivity index (χ4v) is 2.76. The number of nitrogens with one attached hydrogen (secondary N) is 1. The average Bonchev–Trinajstić information content (AvgIpc) is 2.64. The van der Waals surface area contributed by atoms with E-state index in [0.29, 0.717) is 6.04 Å². The molecule has 1 aromatic heterocycles. The van der Waals surface area contributed by atoms with E-state index in [9.17, 15) is 4.79 Å². The second-order valence-electron chi connectivity index (χ2n) is 4.58. The number of rotatable bonds is 1. The van der Waals surface area contributed by atoms with Crippen molar-refractivity contribution in [2.45, 2.75) is 18.5 Å². The van der Waals surface area contributed by atoms with Crippen LogP contribution in [-0.2, 0) is 0 Å². The number of halogens is 1. The van der Waals surface area contributed by atoms with Gasteiger partial charge in [0.2, 0.25) is 0 Å². The van der Waals surface area contributed by atoms with Crippen molar-refractivity contribution in [2.75, 3.05) is 25.0 Å². The van der Waals surface area contributed by atoms with E-state index in [4.69, 9.17) is 0 Å². The molecule has 6 heteroatoms. The van der Waals surface area contributed by atoms with E-state index in [0.717, 1.165) is 25.3 Å². The number of likely N-dealkylation sites (N-methyl/N-ethyl adjacent to an activating group) is 1. The molecule has 3 heterocycles. The van der Waals surface area contributed by atoms with E-state index >= 15 is 0 Å². The predicted octanol–water partition coefficient (Wildman–Crippen LogP) is 1.11. The number of fused-ring (bicyclic) bond motifs is 1. The zero-order valence-corrected chi connectivity index (χ0v) is 11.1. The molecule has 0 radical (unpaired) electrons. The van der Waals surface area contributed by atoms with Crippen molar-refractivity contribution in [3.05, 3.63) is 24.4 Å². The molecule has 2 aliphatic heterocycles. The van der Waals surface area contributed by atoms with Crippen molar-refractivity contribution in [3.63, 3.8) is 0 Å². The molecular formula is C12H17ClN4O. The normalized spacial score (nSPS) is 26.8. The molecule has 98 valence electrons. The molecule has 0 unspecified atom stereocenters. The first-order valence-corrected chi connectivity index (χ1v) is 5.97. The third-order valence-electron chi connectivity index (χ3n) is 3.65. The fraction of sp³-hybridized carbons (Fsp3) is 0.500. The number of aromatic nitrogens is 1. The van der Waals surface area contributed by atoms with Crippen LogP contribution in [0.3, 0.4) is 0 Å². The minimum Gasteiger partial charge on any atom is -0.322 e. The molecule has 0 aromatic carbocycles. The first kappa shape index (κ1) is 13.1. The van der Waals surface area contributed by atoms with Crippen LogP contribution in [0.2, 0.25) is 0 Å². The van der Waals surface area contributed by atoms with Crippen molar-refractivity contribution in [1.82, 2.24) is 15.2 Å². The fourth-order valence-electron chi connectivity index (χ4n) is 2.76. The molecule has 0 aliphatic carbocycles. The summed E-state index contributed by atoms with van der Waals surface area (Å²) in [6.07, 6.45) is 2.74. The number of urea groups is 1. The van der Waals surface area contributed by atoms with Gasteiger partial charge in [-0.3, -0.25) is 4.90 Å². The van der Waals surface area contributed by atoms with E-state index < -0.39 is 0 Å². The van der Waals surface area contributed by atoms with Crippen LogP contribution in [0.1, 0.15) is 6.42 Å². The highest BCUT2D eigenvalue weighted by Gasteiger charge is 2.45. The smallest absolute Gasteiger partial charge is 0.322 e. The summed E-state index contributed by atoms with van der Waals surface area (Å²) in [6, 6.07) is 6.25. The summed E-state index contributed by atoms with van der Waals surface area (Å²) in [5.41, 5.74) is 0. The van der Waals surface area contributed by atoms with Gasteiger partial charge in [-0.2, -0.15) is 0 Å². The van der Waals surface area contributed by atoms with Gasteiger partial charge in [-0.25, -0.2) is 9.78 Å². The summed E-state index contributed by atoms with van der Waals surface area (Å²) in [6.45, 7) is 1.83. The van der Waals surface area contributed by atoms with E-state index in [1.54, 1.807) is 6.20 Å². The standard InChI is InChI=1S/C12H16N4O.ClH/c1-15-9-5-7-13-8-10(9)16(12(15)17)11-4-2-3-6-14-11;/h2-4,6,9-10,13H,5,7-8H2,1H3;1H/t9-,10+;/m0./s1. The summed E-state index contributed by atoms with van der Waals surface area (Å²) < 4.78 is 0. The van der Waals surface area contributed by atoms with Crippen LogP contribution in [0.25, 0.3) is 0 Å². The number of amides is 2. The molecule has 1 aromatic rings. The molecule has 0 saturated carbocycles. The van der Waals surface area contributed by atoms with Crippen LogP contribution in [0.4, 0.5) is 10.6 Å². The predicted molar refractivity (Wildman–Crippen MR) is 72.2 cm³/mol. The lowest BCUT2D eigenvalue weighted by atomic mass is 10.0. The van der Waals surface area contributed by atoms with Crippen molar-refractivity contribution in [3.8, 4) is 0 Å². The minimum absolute atomic E-state index is 0. The van der Waals surface area contributed by atoms with Gasteiger partial charge in [0.1, 0.15) is 5.82 Å². The molecule has 2 atom stereocenters. The van der Waals surface area contributed by atoms with Crippen LogP contribution in [0.5, 0.6) is 0 Å². The van der Waals surface area contributed by atoms with Gasteiger partial charge < -0.3 is 10.2 Å². The van der Waals surface area contributed by atoms with E-state index in [1.165, 1.54) is 0 Å². The topological polar surface area (TPSA) is 48.5 Å². The molecule has 0 spiro atoms. The number of piperidine rings is 1. The van der Waals surface area contributed by atoms with E-state index in [1.807, 2.05) is 35.0 Å². The third kappa shape index (κ3) is 1.93. The largest absolute Gasteiger partial charge is 0.326 e. The molecule has 0 bridgehead atoms. The summed E-state index contributed by atoms with van der Waals surface area (Å²) in [5.74, 6) is 0.751. The molecular weight excluding hydrogens is 252 g/mol. The van der Waals surface area contributed by atoms with Gasteiger partial charge in [-0.1, -0.05) is 6.07 Å². The quantitative estimate of drug-likeness (QED) is 0.830. The third-order valence-corrected chi connectivity index (χ3v) is 3.65. The number of pyridine rings is 1. The number of carbonyl (C=O) groups excluding carboxylic acids is 1. The molecule has 2 aliphatic rings. The van der Waals surface area contributed by atoms with Gasteiger partial charge in [0, 0.05) is 19.8 Å². The highest BCUT2D eigenvalue weighted by atomic mass is 35.5. The maximum atomic E-state index is 12.3. The molecule has 2 fully saturated rings. The highest BCUT2D eigenvalue weighted by molar-refractivity contribution is 5.94. The molecule has 5 nitrogen and oxygen atoms in total. The van der Waals surface area contributed by atoms with E-state index in [-0.39, 0.29) is 24.5 Å². The van der Waals surface area contributed by atoms with Crippen molar-refractivity contribution in [1.29, 1.82) is 0 Å². The van der Waals surface area contributed by atoms with Gasteiger partial charge in [0.05, 0.1) is 12.1 Å². The summed E-state index contributed by atoms with van der Waals surface area (Å²) in [7, 11) is 1.88. The van der Waals surface area contributed by atoms with Crippen LogP contribution in [0, 0.1) is 0 Å². The molecule has 3 rings (SSSR count). The number of anilines is 1. The monoisotopic (exact) mass is 268 g/mol. The van der Waals surface area contributed by atoms with Gasteiger partial charge in [-0.05, 0) is 25.1 Å². The number of hydrogen-bond acceptors (Lipinski definition) is 3. The number of hydrogen-bond donors (Lipinski definition) is 1. The lowest BCUT2D eigenvalue weighted by Crippen LogP contribution is -2.50. The maximum Gasteiger partial charge on any atom is 0.326 e. The Morgan fingerprint density at radius 3 is 2.94 bits per heavy atom. The summed E-state index contributed by atoms with van der Waals surface area (Å²) in [4.78, 5) is 20.2. The first-order valence-electron chi connectivity index (χ1n) is 5.97. The Morgan fingerprint density at radius 2 is 2.22 bits per heavy atom. The molecule has 18 heavy (non-hydrogen) atoms. The van der Waals surface area contributed by atoms with E-state index in [2.05, 4.69) is 10.3 Å². The van der Waals surface area contributed by atoms with Crippen LogP contribution in [0.15, 0.2) is 24.4 Å². The lowest BCUT2D eigenvalue weighted by Gasteiger charge is -2.31. The van der Waals surface area contributed by atoms with Gasteiger partial charge in [-0.15, -0.1) is 12.4 Å². The van der Waals surface area contributed by atoms with Crippen LogP contribution >= 0.6 is 12.4 Å². The Hall–Kier alpha value is -1.33. The van der Waals surface area contributed by atoms with Gasteiger partial charge >= 0.3 is 6.03 Å². The maximum absolute atomic E-state index is 12.3. The Bertz CT molecular complexity index is 427. The highest BCUT2D eigenvalue weighted by Crippen LogP contribution is 2.29. The lowest BCUT2D eigenvalue weighted by molar-refractivity contribution is 0.211. The minimum atomic E-state index is 0. The Labute approximate surface area is 113 Å². The summed E-state index contributed by atoms with van der Waals surface area (Å²) >= 11 is 0. The summed E-state index contributed by atoms with van der Waals surface area (Å²) in [5, 5.41) is 3.35. The van der Waals surface area contributed by atoms with Crippen molar-refractivity contribution < 1.29 is 4.79 Å². The first-order chi connectivity index (χ1) is 8.29. The molecule has 2 amide bonds. The van der Waals surface area contributed by atoms with Crippen LogP contribution < -0.4 is 10.2 Å². The zero-order valence-electron chi connectivity index (χ0n) is 10.2. The number of nitrogens with zero attached hydrogens (tertiary/aromatic N) is 3. The Kier molecular flexibility index (Phi) is 3.73. The van der Waals surface area contributed by atoms with Crippen molar-refractivity contribution >= 4 is 24.3 Å². The average molecular weight is 269 g/mol. The SMILES string of the molecule is CN1C(=O)N(c2ccccn2)[C@@H]2CNCC[C@@H]21.Cl. The molecule has 2 saturated heterocycles. The van der Waals surface area contributed by atoms with Crippen molar-refractivity contribution in [2.24, 2.45) is 0 Å². The zero-order chi connectivity index (χ0) is 11.8. The second-order valence-corrected chi connectivity index (χ2v) is 4.58. The Morgan fingerprint density at radius 1 is 1.39 bits per heavy atom. The molecule has 1 N–H and O–H groups in total. The van der Waals surface area contributed by atoms with Gasteiger partial charge in [0.15, 0.2) is 0 Å². The number of carbonyl (C=O) groups is 1. The van der Waals surface area contributed by atoms with Gasteiger partial charge in [0.25, 0.3) is 0 Å². The van der Waals surface area contributed by atoms with Crippen LogP contribution in [-0.4, -0.2) is 48.1 Å². The second kappa shape index (κ2) is 5.12. The Balaban J connectivity index is 0.00000120.